The van der Waals surface area contributed by atoms with Crippen LogP contribution in [0.15, 0.2) is 5.38 Å². The Balaban J connectivity index is 2.50. The number of carbonyl (C=O) groups excluding carboxylic acids is 4. The minimum Gasteiger partial charge on any atom is -0.461 e. The van der Waals surface area contributed by atoms with Crippen molar-refractivity contribution in [1.82, 2.24) is 20.1 Å². The summed E-state index contributed by atoms with van der Waals surface area (Å²) < 4.78 is 13.0. The van der Waals surface area contributed by atoms with Gasteiger partial charge in [0.2, 0.25) is 13.2 Å². The van der Waals surface area contributed by atoms with E-state index in [0.717, 1.165) is 38.6 Å². The number of carbonyl (C=O) groups is 4. The fourth-order valence-corrected chi connectivity index (χ4v) is 6.69. The monoisotopic (exact) mass is 638 g/mol. The van der Waals surface area contributed by atoms with Gasteiger partial charge in [-0.15, -0.1) is 11.3 Å². The van der Waals surface area contributed by atoms with E-state index in [1.165, 1.54) is 11.3 Å². The first kappa shape index (κ1) is 36.1. The number of thiazole rings is 1. The summed E-state index contributed by atoms with van der Waals surface area (Å²) in [6, 6.07) is -1.55. The van der Waals surface area contributed by atoms with Gasteiger partial charge in [0.15, 0.2) is 11.5 Å². The van der Waals surface area contributed by atoms with Gasteiger partial charge in [0, 0.05) is 36.7 Å². The van der Waals surface area contributed by atoms with E-state index in [0.29, 0.717) is 18.0 Å². The Hall–Kier alpha value is -2.37. The number of ether oxygens (including phenoxy) is 1. The van der Waals surface area contributed by atoms with Crippen LogP contribution in [0.3, 0.4) is 0 Å². The third-order valence-corrected chi connectivity index (χ3v) is 9.89. The minimum atomic E-state index is -0.851. The molecule has 0 saturated carbocycles. The number of nitrogens with zero attached hydrogens (tertiary/aromatic N) is 3. The van der Waals surface area contributed by atoms with Gasteiger partial charge in [-0.25, -0.2) is 9.78 Å². The van der Waals surface area contributed by atoms with Crippen molar-refractivity contribution in [2.75, 3.05) is 26.7 Å². The van der Waals surface area contributed by atoms with E-state index >= 15 is 0 Å². The maximum atomic E-state index is 14.8. The second kappa shape index (κ2) is 18.6. The molecule has 10 nitrogen and oxygen atoms in total. The maximum Gasteiger partial charge on any atom is 0.357 e. The molecular formula is C33H56N4O6S. The number of likely N-dealkylation sites (N-methyl/N-ethyl adjacent to an activating group) is 1. The second-order valence-corrected chi connectivity index (χ2v) is 13.4. The molecule has 1 unspecified atom stereocenters. The first-order chi connectivity index (χ1) is 21.4. The highest BCUT2D eigenvalue weighted by Crippen LogP contribution is 2.33. The Kier molecular flexibility index (Phi) is 15.2. The highest BCUT2D eigenvalue weighted by molar-refractivity contribution is 7.09. The van der Waals surface area contributed by atoms with Gasteiger partial charge in [0.1, 0.15) is 17.2 Å². The first-order valence-corrected chi connectivity index (χ1v) is 17.4. The molecule has 6 atom stereocenters. The van der Waals surface area contributed by atoms with Crippen molar-refractivity contribution in [3.63, 3.8) is 0 Å². The maximum absolute atomic E-state index is 14.8. The Morgan fingerprint density at radius 2 is 1.93 bits per heavy atom. The Morgan fingerprint density at radius 3 is 2.52 bits per heavy atom. The summed E-state index contributed by atoms with van der Waals surface area (Å²) in [5.74, 6) is -1.79. The SMILES string of the molecule is [3H]O[C@H](C[C@H](C(C)C)N(C(=O)[C@@H](CC(=O)[C@H]1CCCCN1C)[C@@H](C)CC)C(C)C(=O)NCCCC)c1nc(C(=O)OCC)cs1. The van der Waals surface area contributed by atoms with Gasteiger partial charge in [-0.3, -0.25) is 19.3 Å². The minimum absolute atomic E-state index is 0.0681. The summed E-state index contributed by atoms with van der Waals surface area (Å²) in [5.41, 5.74) is 0.139. The number of rotatable bonds is 19. The molecule has 0 aliphatic carbocycles. The zero-order chi connectivity index (χ0) is 33.7. The summed E-state index contributed by atoms with van der Waals surface area (Å²) >= 11 is 1.19. The van der Waals surface area contributed by atoms with Crippen molar-refractivity contribution in [1.29, 1.82) is 1.43 Å². The Labute approximate surface area is 269 Å². The van der Waals surface area contributed by atoms with Crippen LogP contribution < -0.4 is 5.32 Å². The van der Waals surface area contributed by atoms with Crippen molar-refractivity contribution in [3.8, 4) is 0 Å². The quantitative estimate of drug-likeness (QED) is 0.160. The zero-order valence-electron chi connectivity index (χ0n) is 29.1. The second-order valence-electron chi connectivity index (χ2n) is 12.5. The number of ketones is 1. The number of esters is 1. The average Bonchev–Trinajstić information content (AvgIpc) is 3.51. The molecule has 1 aromatic rings. The van der Waals surface area contributed by atoms with E-state index < -0.39 is 30.1 Å². The van der Waals surface area contributed by atoms with E-state index in [9.17, 15) is 19.2 Å². The van der Waals surface area contributed by atoms with E-state index in [1.54, 1.807) is 24.1 Å². The van der Waals surface area contributed by atoms with Gasteiger partial charge in [0.05, 0.1) is 12.6 Å². The molecule has 44 heavy (non-hydrogen) atoms. The lowest BCUT2D eigenvalue weighted by Crippen LogP contribution is -2.57. The molecule has 11 heteroatoms. The number of piperidine rings is 1. The third kappa shape index (κ3) is 10.3. The van der Waals surface area contributed by atoms with Crippen molar-refractivity contribution < 1.29 is 29.0 Å². The lowest BCUT2D eigenvalue weighted by Gasteiger charge is -2.42. The molecule has 0 bridgehead atoms. The number of amides is 2. The molecule has 0 radical (unpaired) electrons. The molecule has 0 spiro atoms. The number of hydrogen-bond donors (Lipinski definition) is 2. The number of nitrogens with one attached hydrogen (secondary N) is 1. The molecular weight excluding hydrogens is 580 g/mol. The molecule has 0 aromatic carbocycles. The lowest BCUT2D eigenvalue weighted by molar-refractivity contribution is -0.151. The predicted molar refractivity (Wildman–Crippen MR) is 173 cm³/mol. The molecule has 2 rings (SSSR count). The van der Waals surface area contributed by atoms with Crippen molar-refractivity contribution in [2.24, 2.45) is 17.8 Å². The summed E-state index contributed by atoms with van der Waals surface area (Å²) in [7, 11) is 1.97. The Bertz CT molecular complexity index is 1100. The van der Waals surface area contributed by atoms with E-state index in [1.807, 2.05) is 41.7 Å². The fourth-order valence-electron chi connectivity index (χ4n) is 5.91. The van der Waals surface area contributed by atoms with Gasteiger partial charge in [-0.1, -0.05) is 53.9 Å². The smallest absolute Gasteiger partial charge is 0.357 e. The number of unbranched alkanes of at least 4 members (excludes halogenated alkanes) is 1. The lowest BCUT2D eigenvalue weighted by atomic mass is 9.82. The van der Waals surface area contributed by atoms with Crippen LogP contribution in [0.2, 0.25) is 0 Å². The van der Waals surface area contributed by atoms with Gasteiger partial charge in [-0.05, 0) is 58.5 Å². The fraction of sp³-hybridized carbons (Fsp3) is 0.788. The summed E-state index contributed by atoms with van der Waals surface area (Å²) in [4.78, 5) is 62.4. The highest BCUT2D eigenvalue weighted by atomic mass is 32.1. The Morgan fingerprint density at radius 1 is 1.20 bits per heavy atom. The molecule has 2 heterocycles. The average molecular weight is 639 g/mol. The van der Waals surface area contributed by atoms with Gasteiger partial charge < -0.3 is 20.1 Å². The van der Waals surface area contributed by atoms with Gasteiger partial charge in [0.25, 0.3) is 0 Å². The van der Waals surface area contributed by atoms with Crippen LogP contribution in [-0.2, 0) is 19.1 Å². The van der Waals surface area contributed by atoms with E-state index in [-0.39, 0.29) is 60.6 Å². The van der Waals surface area contributed by atoms with Crippen LogP contribution in [0.25, 0.3) is 0 Å². The summed E-state index contributed by atoms with van der Waals surface area (Å²) in [5, 5.41) is 10.1. The number of Topliss-reactive ketones (excluding diaryl/α,β-unsaturated/α-hetero) is 1. The van der Waals surface area contributed by atoms with Crippen molar-refractivity contribution >= 4 is 34.9 Å². The van der Waals surface area contributed by atoms with E-state index in [4.69, 9.17) is 11.3 Å². The van der Waals surface area contributed by atoms with Crippen LogP contribution in [0.4, 0.5) is 0 Å². The van der Waals surface area contributed by atoms with Crippen LogP contribution in [0.1, 0.15) is 121 Å². The number of aliphatic hydroxyl groups is 1. The molecule has 2 N–H and O–H groups in total. The topological polar surface area (TPSA) is 129 Å². The highest BCUT2D eigenvalue weighted by Gasteiger charge is 2.41. The largest absolute Gasteiger partial charge is 0.461 e. The van der Waals surface area contributed by atoms with Crippen molar-refractivity contribution in [2.45, 2.75) is 124 Å². The number of hydrogen-bond acceptors (Lipinski definition) is 9. The molecule has 1 fully saturated rings. The predicted octanol–water partition coefficient (Wildman–Crippen LogP) is 5.01. The van der Waals surface area contributed by atoms with Gasteiger partial charge in [-0.2, -0.15) is 0 Å². The van der Waals surface area contributed by atoms with Crippen molar-refractivity contribution in [3.05, 3.63) is 16.1 Å². The van der Waals surface area contributed by atoms with Crippen LogP contribution in [0.5, 0.6) is 0 Å². The summed E-state index contributed by atoms with van der Waals surface area (Å²) in [6.45, 7) is 15.0. The molecule has 2 amide bonds. The molecule has 1 aliphatic heterocycles. The normalized spacial score (nSPS) is 19.4. The number of aromatic nitrogens is 1. The van der Waals surface area contributed by atoms with Crippen LogP contribution in [-0.4, -0.2) is 89.8 Å². The molecule has 1 aromatic heterocycles. The first-order valence-electron chi connectivity index (χ1n) is 16.9. The molecule has 1 saturated heterocycles. The molecule has 250 valence electrons. The summed E-state index contributed by atoms with van der Waals surface area (Å²) in [6.07, 6.45) is 4.72. The third-order valence-electron chi connectivity index (χ3n) is 8.96. The zero-order valence-corrected chi connectivity index (χ0v) is 28.9. The molecule has 1 aliphatic rings. The van der Waals surface area contributed by atoms with E-state index in [2.05, 4.69) is 15.2 Å². The standard InChI is InChI=1S/C33H56N4O6S/c1-9-12-16-34-30(40)23(7)37(27(21(4)5)19-29(39)31-35-25(20-44-31)33(42)43-11-3)32(41)24(22(6)10-2)18-28(38)26-15-13-14-17-36(26)8/h20-24,26-27,29,39H,9-19H2,1-8H3,(H,34,40)/t22-,23?,24-,26+,27+,29+/m0/s1/i39T. The van der Waals surface area contributed by atoms with Gasteiger partial charge >= 0.3 is 5.97 Å². The number of aliphatic hydroxyl groups excluding tert-OH is 1. The van der Waals surface area contributed by atoms with Crippen LogP contribution >= 0.6 is 11.3 Å². The number of likely N-dealkylation sites (tertiary alicyclic amines) is 1. The van der Waals surface area contributed by atoms with Crippen LogP contribution in [0, 0.1) is 17.8 Å².